The maximum absolute atomic E-state index is 14.2. The van der Waals surface area contributed by atoms with Crippen LogP contribution < -0.4 is 5.73 Å². The second kappa shape index (κ2) is 6.71. The second-order valence-electron chi connectivity index (χ2n) is 6.49. The molecule has 1 aromatic carbocycles. The molecule has 27 heavy (non-hydrogen) atoms. The summed E-state index contributed by atoms with van der Waals surface area (Å²) in [5.41, 5.74) is 8.99. The number of hydrogen-bond acceptors (Lipinski definition) is 4. The summed E-state index contributed by atoms with van der Waals surface area (Å²) >= 11 is 0. The van der Waals surface area contributed by atoms with Crippen LogP contribution in [0.3, 0.4) is 0 Å². The van der Waals surface area contributed by atoms with Crippen LogP contribution in [-0.4, -0.2) is 43.7 Å². The van der Waals surface area contributed by atoms with Crippen molar-refractivity contribution in [3.05, 3.63) is 60.1 Å². The zero-order chi connectivity index (χ0) is 19.0. The van der Waals surface area contributed by atoms with Gasteiger partial charge in [0.05, 0.1) is 35.8 Å². The predicted molar refractivity (Wildman–Crippen MR) is 99.6 cm³/mol. The van der Waals surface area contributed by atoms with Crippen LogP contribution in [0.25, 0.3) is 16.5 Å². The Labute approximate surface area is 154 Å². The number of rotatable bonds is 3. The molecule has 1 aliphatic rings. The third-order valence-corrected chi connectivity index (χ3v) is 4.68. The number of carboxylic acid groups (broad SMARTS) is 1. The van der Waals surface area contributed by atoms with Crippen LogP contribution in [-0.2, 0) is 6.54 Å². The minimum Gasteiger partial charge on any atom is -0.465 e. The van der Waals surface area contributed by atoms with E-state index >= 15 is 0 Å². The van der Waals surface area contributed by atoms with Gasteiger partial charge >= 0.3 is 6.09 Å². The van der Waals surface area contributed by atoms with Crippen LogP contribution in [0, 0.1) is 5.82 Å². The minimum absolute atomic E-state index is 0.353. The Bertz CT molecular complexity index is 1040. The predicted octanol–water partition coefficient (Wildman–Crippen LogP) is 2.97. The van der Waals surface area contributed by atoms with Crippen LogP contribution >= 0.6 is 0 Å². The van der Waals surface area contributed by atoms with E-state index in [0.29, 0.717) is 43.0 Å². The van der Waals surface area contributed by atoms with Crippen molar-refractivity contribution in [2.45, 2.75) is 13.0 Å². The van der Waals surface area contributed by atoms with Gasteiger partial charge in [0, 0.05) is 30.4 Å². The van der Waals surface area contributed by atoms with Crippen LogP contribution in [0.1, 0.15) is 17.8 Å². The van der Waals surface area contributed by atoms with Gasteiger partial charge in [-0.3, -0.25) is 9.97 Å². The number of nitrogen functional groups attached to an aromatic ring is 1. The van der Waals surface area contributed by atoms with Crippen LogP contribution in [0.4, 0.5) is 14.9 Å². The van der Waals surface area contributed by atoms with Gasteiger partial charge in [0.2, 0.25) is 0 Å². The van der Waals surface area contributed by atoms with Crippen LogP contribution in [0.5, 0.6) is 0 Å². The summed E-state index contributed by atoms with van der Waals surface area (Å²) in [5, 5.41) is 9.74. The first kappa shape index (κ1) is 17.0. The van der Waals surface area contributed by atoms with Crippen LogP contribution in [0.15, 0.2) is 42.9 Å². The molecular weight excluding hydrogens is 349 g/mol. The fraction of sp³-hybridized carbons (Fsp3) is 0.211. The minimum atomic E-state index is -0.917. The summed E-state index contributed by atoms with van der Waals surface area (Å²) in [7, 11) is 0. The molecule has 8 heteroatoms. The van der Waals surface area contributed by atoms with Crippen molar-refractivity contribution in [2.24, 2.45) is 0 Å². The molecule has 0 saturated heterocycles. The molecule has 0 bridgehead atoms. The number of hydrogen-bond donors (Lipinski definition) is 2. The Morgan fingerprint density at radius 3 is 2.81 bits per heavy atom. The molecule has 0 fully saturated rings. The molecule has 0 spiro atoms. The molecule has 7 nitrogen and oxygen atoms in total. The number of nitrogens with zero attached hydrogens (tertiary/aromatic N) is 4. The molecule has 0 radical (unpaired) electrons. The van der Waals surface area contributed by atoms with Crippen molar-refractivity contribution in [1.29, 1.82) is 0 Å². The standard InChI is InChI=1S/C19H18FN5O2/c20-16-8-14(21)7-13-3-6-25(18(13)16)11-15-9-23-17(10-22-15)12-1-4-24(5-2-12)19(26)27/h1,3,6-10H,2,4-5,11,21H2,(H,26,27). The van der Waals surface area contributed by atoms with E-state index < -0.39 is 6.09 Å². The van der Waals surface area contributed by atoms with Gasteiger partial charge in [-0.1, -0.05) is 6.08 Å². The summed E-state index contributed by atoms with van der Waals surface area (Å²) in [6.07, 6.45) is 6.70. The molecule has 138 valence electrons. The van der Waals surface area contributed by atoms with Crippen LogP contribution in [0.2, 0.25) is 0 Å². The van der Waals surface area contributed by atoms with Gasteiger partial charge in [0.15, 0.2) is 0 Å². The van der Waals surface area contributed by atoms with E-state index in [-0.39, 0.29) is 5.82 Å². The normalized spacial score (nSPS) is 14.4. The van der Waals surface area contributed by atoms with E-state index in [0.717, 1.165) is 16.7 Å². The van der Waals surface area contributed by atoms with Gasteiger partial charge in [0.25, 0.3) is 0 Å². The Hall–Kier alpha value is -3.42. The summed E-state index contributed by atoms with van der Waals surface area (Å²) in [6.45, 7) is 1.19. The van der Waals surface area contributed by atoms with E-state index in [1.54, 1.807) is 29.2 Å². The lowest BCUT2D eigenvalue weighted by Crippen LogP contribution is -2.33. The Morgan fingerprint density at radius 2 is 2.15 bits per heavy atom. The highest BCUT2D eigenvalue weighted by molar-refractivity contribution is 5.84. The lowest BCUT2D eigenvalue weighted by molar-refractivity contribution is 0.150. The van der Waals surface area contributed by atoms with Gasteiger partial charge < -0.3 is 20.3 Å². The topological polar surface area (TPSA) is 97.3 Å². The number of halogens is 1. The van der Waals surface area contributed by atoms with E-state index in [4.69, 9.17) is 10.8 Å². The molecule has 2 aromatic heterocycles. The number of carbonyl (C=O) groups is 1. The van der Waals surface area contributed by atoms with E-state index in [1.165, 1.54) is 11.0 Å². The second-order valence-corrected chi connectivity index (χ2v) is 6.49. The summed E-state index contributed by atoms with van der Waals surface area (Å²) < 4.78 is 16.0. The van der Waals surface area contributed by atoms with Crippen molar-refractivity contribution < 1.29 is 14.3 Å². The van der Waals surface area contributed by atoms with Crippen molar-refractivity contribution in [1.82, 2.24) is 19.4 Å². The number of fused-ring (bicyclic) bond motifs is 1. The number of benzene rings is 1. The van der Waals surface area contributed by atoms with Gasteiger partial charge in [-0.05, 0) is 30.2 Å². The molecule has 1 aliphatic heterocycles. The summed E-state index contributed by atoms with van der Waals surface area (Å²) in [4.78, 5) is 21.2. The molecule has 4 rings (SSSR count). The van der Waals surface area contributed by atoms with Gasteiger partial charge in [-0.15, -0.1) is 0 Å². The average molecular weight is 367 g/mol. The Kier molecular flexibility index (Phi) is 4.23. The fourth-order valence-corrected chi connectivity index (χ4v) is 3.30. The maximum Gasteiger partial charge on any atom is 0.407 e. The van der Waals surface area contributed by atoms with Crippen molar-refractivity contribution in [2.75, 3.05) is 18.8 Å². The van der Waals surface area contributed by atoms with E-state index in [2.05, 4.69) is 9.97 Å². The fourth-order valence-electron chi connectivity index (χ4n) is 3.30. The first-order valence-corrected chi connectivity index (χ1v) is 8.53. The molecule has 0 atom stereocenters. The summed E-state index contributed by atoms with van der Waals surface area (Å²) in [5.74, 6) is -0.366. The molecule has 0 saturated carbocycles. The molecular formula is C19H18FN5O2. The largest absolute Gasteiger partial charge is 0.465 e. The smallest absolute Gasteiger partial charge is 0.407 e. The highest BCUT2D eigenvalue weighted by Gasteiger charge is 2.17. The highest BCUT2D eigenvalue weighted by Crippen LogP contribution is 2.24. The molecule has 0 aliphatic carbocycles. The number of nitrogens with two attached hydrogens (primary N) is 1. The lowest BCUT2D eigenvalue weighted by Gasteiger charge is -2.23. The van der Waals surface area contributed by atoms with Gasteiger partial charge in [0.1, 0.15) is 5.82 Å². The maximum atomic E-state index is 14.2. The van der Waals surface area contributed by atoms with E-state index in [1.807, 2.05) is 12.1 Å². The lowest BCUT2D eigenvalue weighted by atomic mass is 10.1. The number of aromatic nitrogens is 3. The quantitative estimate of drug-likeness (QED) is 0.694. The molecule has 3 N–H and O–H groups in total. The zero-order valence-corrected chi connectivity index (χ0v) is 14.5. The third-order valence-electron chi connectivity index (χ3n) is 4.68. The number of anilines is 1. The van der Waals surface area contributed by atoms with E-state index in [9.17, 15) is 9.18 Å². The molecule has 3 aromatic rings. The van der Waals surface area contributed by atoms with Gasteiger partial charge in [-0.25, -0.2) is 9.18 Å². The molecule has 0 unspecified atom stereocenters. The zero-order valence-electron chi connectivity index (χ0n) is 14.5. The SMILES string of the molecule is Nc1cc(F)c2c(ccn2Cc2cnc(C3=CCN(C(=O)O)CC3)cn2)c1. The Morgan fingerprint density at radius 1 is 1.30 bits per heavy atom. The molecule has 1 amide bonds. The number of amides is 1. The first-order valence-electron chi connectivity index (χ1n) is 8.53. The average Bonchev–Trinajstić information content (AvgIpc) is 3.05. The van der Waals surface area contributed by atoms with Gasteiger partial charge in [-0.2, -0.15) is 0 Å². The van der Waals surface area contributed by atoms with Crippen molar-refractivity contribution >= 4 is 28.3 Å². The Balaban J connectivity index is 1.53. The third kappa shape index (κ3) is 3.33. The first-order chi connectivity index (χ1) is 13.0. The monoisotopic (exact) mass is 367 g/mol. The summed E-state index contributed by atoms with van der Waals surface area (Å²) in [6, 6.07) is 4.86. The van der Waals surface area contributed by atoms with Crippen molar-refractivity contribution in [3.63, 3.8) is 0 Å². The highest BCUT2D eigenvalue weighted by atomic mass is 19.1. The van der Waals surface area contributed by atoms with Crippen molar-refractivity contribution in [3.8, 4) is 0 Å². The molecule has 3 heterocycles.